The topological polar surface area (TPSA) is 58.9 Å². The molecule has 0 aliphatic heterocycles. The molecule has 22 heavy (non-hydrogen) atoms. The largest absolute Gasteiger partial charge is 0.388 e. The van der Waals surface area contributed by atoms with E-state index in [4.69, 9.17) is 0 Å². The lowest BCUT2D eigenvalue weighted by molar-refractivity contribution is 0.178. The molecule has 1 atom stereocenters. The number of hydrogen-bond donors (Lipinski definition) is 1. The smallest absolute Gasteiger partial charge is 0.0888 e. The first-order chi connectivity index (χ1) is 10.7. The van der Waals surface area contributed by atoms with E-state index in [9.17, 15) is 5.11 Å². The summed E-state index contributed by atoms with van der Waals surface area (Å²) in [5, 5.41) is 10.3. The number of hydrogen-bond acceptors (Lipinski definition) is 4. The summed E-state index contributed by atoms with van der Waals surface area (Å²) < 4.78 is 0. The van der Waals surface area contributed by atoms with E-state index >= 15 is 0 Å². The van der Waals surface area contributed by atoms with Gasteiger partial charge in [-0.05, 0) is 60.0 Å². The fourth-order valence-electron chi connectivity index (χ4n) is 2.34. The van der Waals surface area contributed by atoms with Crippen molar-refractivity contribution in [3.05, 3.63) is 77.9 Å². The molecule has 110 valence electrons. The highest BCUT2D eigenvalue weighted by molar-refractivity contribution is 5.55. The maximum absolute atomic E-state index is 10.3. The summed E-state index contributed by atoms with van der Waals surface area (Å²) in [7, 11) is 0. The van der Waals surface area contributed by atoms with Crippen LogP contribution in [0.1, 0.15) is 22.8 Å². The zero-order chi connectivity index (χ0) is 15.4. The van der Waals surface area contributed by atoms with Gasteiger partial charge in [0.25, 0.3) is 0 Å². The van der Waals surface area contributed by atoms with Gasteiger partial charge in [0.1, 0.15) is 0 Å². The van der Waals surface area contributed by atoms with Gasteiger partial charge in [-0.25, -0.2) is 0 Å². The number of aromatic nitrogens is 3. The molecule has 4 nitrogen and oxygen atoms in total. The molecule has 4 heteroatoms. The van der Waals surface area contributed by atoms with Gasteiger partial charge in [0.2, 0.25) is 0 Å². The third kappa shape index (κ3) is 3.35. The molecule has 1 unspecified atom stereocenters. The van der Waals surface area contributed by atoms with Crippen molar-refractivity contribution < 1.29 is 5.11 Å². The third-order valence-electron chi connectivity index (χ3n) is 3.52. The van der Waals surface area contributed by atoms with E-state index in [1.807, 2.05) is 43.3 Å². The SMILES string of the molecule is Cc1ccnc(-c2cc(CC(O)c3ccncc3)ccn2)c1. The van der Waals surface area contributed by atoms with Crippen LogP contribution >= 0.6 is 0 Å². The van der Waals surface area contributed by atoms with Crippen molar-refractivity contribution in [1.29, 1.82) is 0 Å². The Morgan fingerprint density at radius 2 is 1.59 bits per heavy atom. The zero-order valence-electron chi connectivity index (χ0n) is 12.3. The molecule has 3 heterocycles. The Balaban J connectivity index is 1.83. The van der Waals surface area contributed by atoms with Gasteiger partial charge in [-0.3, -0.25) is 15.0 Å². The number of pyridine rings is 3. The van der Waals surface area contributed by atoms with E-state index in [0.717, 1.165) is 28.1 Å². The van der Waals surface area contributed by atoms with Crippen LogP contribution in [-0.4, -0.2) is 20.1 Å². The second-order valence-electron chi connectivity index (χ2n) is 5.27. The molecular formula is C18H17N3O. The van der Waals surface area contributed by atoms with Gasteiger partial charge in [0, 0.05) is 31.2 Å². The van der Waals surface area contributed by atoms with Gasteiger partial charge < -0.3 is 5.11 Å². The van der Waals surface area contributed by atoms with E-state index in [0.29, 0.717) is 6.42 Å². The minimum absolute atomic E-state index is 0.533. The maximum atomic E-state index is 10.3. The predicted octanol–water partition coefficient (Wildman–Crippen LogP) is 3.12. The molecular weight excluding hydrogens is 274 g/mol. The van der Waals surface area contributed by atoms with E-state index in [2.05, 4.69) is 15.0 Å². The minimum atomic E-state index is -0.552. The molecule has 0 amide bonds. The highest BCUT2D eigenvalue weighted by atomic mass is 16.3. The van der Waals surface area contributed by atoms with Gasteiger partial charge in [0.05, 0.1) is 17.5 Å². The van der Waals surface area contributed by atoms with Gasteiger partial charge in [0.15, 0.2) is 0 Å². The van der Waals surface area contributed by atoms with Crippen LogP contribution in [0.15, 0.2) is 61.2 Å². The first kappa shape index (κ1) is 14.4. The molecule has 0 aliphatic carbocycles. The van der Waals surface area contributed by atoms with Crippen LogP contribution < -0.4 is 0 Å². The molecule has 0 bridgehead atoms. The molecule has 0 aliphatic rings. The molecule has 0 saturated carbocycles. The lowest BCUT2D eigenvalue weighted by Crippen LogP contribution is -2.02. The lowest BCUT2D eigenvalue weighted by Gasteiger charge is -2.11. The van der Waals surface area contributed by atoms with Crippen molar-refractivity contribution in [3.63, 3.8) is 0 Å². The van der Waals surface area contributed by atoms with Crippen LogP contribution in [0.2, 0.25) is 0 Å². The van der Waals surface area contributed by atoms with Gasteiger partial charge >= 0.3 is 0 Å². The number of nitrogens with zero attached hydrogens (tertiary/aromatic N) is 3. The summed E-state index contributed by atoms with van der Waals surface area (Å²) in [6, 6.07) is 11.5. The zero-order valence-corrected chi connectivity index (χ0v) is 12.3. The summed E-state index contributed by atoms with van der Waals surface area (Å²) in [5.41, 5.74) is 4.71. The Labute approximate surface area is 129 Å². The molecule has 3 aromatic rings. The average molecular weight is 291 g/mol. The summed E-state index contributed by atoms with van der Waals surface area (Å²) in [6.07, 6.45) is 6.90. The fraction of sp³-hybridized carbons (Fsp3) is 0.167. The van der Waals surface area contributed by atoms with Crippen LogP contribution in [-0.2, 0) is 6.42 Å². The predicted molar refractivity (Wildman–Crippen MR) is 85.1 cm³/mol. The fourth-order valence-corrected chi connectivity index (χ4v) is 2.34. The number of aliphatic hydroxyl groups excluding tert-OH is 1. The lowest BCUT2D eigenvalue weighted by atomic mass is 10.0. The molecule has 3 aromatic heterocycles. The Bertz CT molecular complexity index is 759. The maximum Gasteiger partial charge on any atom is 0.0888 e. The van der Waals surface area contributed by atoms with E-state index in [1.54, 1.807) is 24.8 Å². The van der Waals surface area contributed by atoms with Crippen molar-refractivity contribution >= 4 is 0 Å². The Morgan fingerprint density at radius 3 is 2.32 bits per heavy atom. The molecule has 0 spiro atoms. The van der Waals surface area contributed by atoms with Crippen LogP contribution in [0.4, 0.5) is 0 Å². The standard InChI is InChI=1S/C18H17N3O/c1-13-2-8-20-16(10-13)17-11-14(3-9-21-17)12-18(22)15-4-6-19-7-5-15/h2-11,18,22H,12H2,1H3. The van der Waals surface area contributed by atoms with Crippen molar-refractivity contribution in [2.75, 3.05) is 0 Å². The number of aryl methyl sites for hydroxylation is 1. The average Bonchev–Trinajstić information content (AvgIpc) is 2.56. The molecule has 0 radical (unpaired) electrons. The summed E-state index contributed by atoms with van der Waals surface area (Å²) >= 11 is 0. The Hall–Kier alpha value is -2.59. The Kier molecular flexibility index (Phi) is 4.21. The van der Waals surface area contributed by atoms with Crippen molar-refractivity contribution in [2.24, 2.45) is 0 Å². The Morgan fingerprint density at radius 1 is 0.909 bits per heavy atom. The van der Waals surface area contributed by atoms with Crippen LogP contribution in [0.5, 0.6) is 0 Å². The van der Waals surface area contributed by atoms with Crippen molar-refractivity contribution in [2.45, 2.75) is 19.4 Å². The van der Waals surface area contributed by atoms with Gasteiger partial charge in [-0.15, -0.1) is 0 Å². The first-order valence-corrected chi connectivity index (χ1v) is 7.18. The monoisotopic (exact) mass is 291 g/mol. The number of aliphatic hydroxyl groups is 1. The molecule has 0 aromatic carbocycles. The van der Waals surface area contributed by atoms with E-state index in [1.165, 1.54) is 0 Å². The second kappa shape index (κ2) is 6.45. The van der Waals surface area contributed by atoms with Crippen LogP contribution in [0.25, 0.3) is 11.4 Å². The van der Waals surface area contributed by atoms with Crippen molar-refractivity contribution in [3.8, 4) is 11.4 Å². The van der Waals surface area contributed by atoms with Crippen molar-refractivity contribution in [1.82, 2.24) is 15.0 Å². The first-order valence-electron chi connectivity index (χ1n) is 7.18. The van der Waals surface area contributed by atoms with E-state index in [-0.39, 0.29) is 0 Å². The summed E-state index contributed by atoms with van der Waals surface area (Å²) in [4.78, 5) is 12.7. The molecule has 0 saturated heterocycles. The summed E-state index contributed by atoms with van der Waals surface area (Å²) in [6.45, 7) is 2.03. The molecule has 3 rings (SSSR count). The quantitative estimate of drug-likeness (QED) is 0.802. The van der Waals surface area contributed by atoms with Gasteiger partial charge in [-0.1, -0.05) is 0 Å². The highest BCUT2D eigenvalue weighted by Gasteiger charge is 2.10. The molecule has 1 N–H and O–H groups in total. The highest BCUT2D eigenvalue weighted by Crippen LogP contribution is 2.21. The number of rotatable bonds is 4. The molecule has 0 fully saturated rings. The minimum Gasteiger partial charge on any atom is -0.388 e. The van der Waals surface area contributed by atoms with Crippen LogP contribution in [0.3, 0.4) is 0 Å². The van der Waals surface area contributed by atoms with Gasteiger partial charge in [-0.2, -0.15) is 0 Å². The van der Waals surface area contributed by atoms with E-state index < -0.39 is 6.10 Å². The normalized spacial score (nSPS) is 12.1. The third-order valence-corrected chi connectivity index (χ3v) is 3.52. The van der Waals surface area contributed by atoms with Crippen LogP contribution in [0, 0.1) is 6.92 Å². The second-order valence-corrected chi connectivity index (χ2v) is 5.27. The summed E-state index contributed by atoms with van der Waals surface area (Å²) in [5.74, 6) is 0.